The largest absolute Gasteiger partial charge is 0.360 e. The lowest BCUT2D eigenvalue weighted by Gasteiger charge is -2.01. The van der Waals surface area contributed by atoms with Gasteiger partial charge in [0.25, 0.3) is 0 Å². The van der Waals surface area contributed by atoms with E-state index in [-0.39, 0.29) is 5.78 Å². The van der Waals surface area contributed by atoms with Gasteiger partial charge in [0.05, 0.1) is 0 Å². The molecule has 0 amide bonds. The summed E-state index contributed by atoms with van der Waals surface area (Å²) in [5.41, 5.74) is 3.65. The summed E-state index contributed by atoms with van der Waals surface area (Å²) in [6, 6.07) is 13.8. The van der Waals surface area contributed by atoms with Crippen molar-refractivity contribution >= 4 is 39.3 Å². The number of hydrogen-bond donors (Lipinski definition) is 1. The quantitative estimate of drug-likeness (QED) is 0.536. The third kappa shape index (κ3) is 2.30. The second-order valence-corrected chi connectivity index (χ2v) is 5.84. The molecule has 0 saturated carbocycles. The van der Waals surface area contributed by atoms with E-state index < -0.39 is 0 Å². The van der Waals surface area contributed by atoms with Crippen molar-refractivity contribution in [3.05, 3.63) is 68.9 Å². The zero-order valence-electron chi connectivity index (χ0n) is 10.4. The molecule has 0 aliphatic carbocycles. The number of carbonyl (C=O) groups is 1. The molecule has 0 fully saturated rings. The zero-order valence-corrected chi connectivity index (χ0v) is 12.6. The van der Waals surface area contributed by atoms with Crippen molar-refractivity contribution < 1.29 is 4.79 Å². The van der Waals surface area contributed by atoms with E-state index >= 15 is 0 Å². The first kappa shape index (κ1) is 12.4. The molecule has 1 N–H and O–H groups in total. The number of aryl methyl sites for hydroxylation is 1. The third-order valence-corrected chi connectivity index (χ3v) is 3.84. The Hall–Kier alpha value is -1.62. The summed E-state index contributed by atoms with van der Waals surface area (Å²) in [6.07, 6.45) is 1.80. The van der Waals surface area contributed by atoms with Crippen molar-refractivity contribution in [2.24, 2.45) is 0 Å². The summed E-state index contributed by atoms with van der Waals surface area (Å²) in [7, 11) is 0. The third-order valence-electron chi connectivity index (χ3n) is 3.17. The first-order valence-electron chi connectivity index (χ1n) is 6.03. The van der Waals surface area contributed by atoms with Gasteiger partial charge in [-0.1, -0.05) is 24.3 Å². The van der Waals surface area contributed by atoms with Crippen molar-refractivity contribution in [1.82, 2.24) is 4.98 Å². The second kappa shape index (κ2) is 4.81. The predicted molar refractivity (Wildman–Crippen MR) is 85.6 cm³/mol. The van der Waals surface area contributed by atoms with Crippen LogP contribution in [0.15, 0.2) is 48.7 Å². The summed E-state index contributed by atoms with van der Waals surface area (Å²) < 4.78 is 1.07. The molecule has 19 heavy (non-hydrogen) atoms. The topological polar surface area (TPSA) is 32.9 Å². The van der Waals surface area contributed by atoms with E-state index in [0.29, 0.717) is 0 Å². The summed E-state index contributed by atoms with van der Waals surface area (Å²) in [4.78, 5) is 15.7. The smallest absolute Gasteiger partial charge is 0.195 e. The fourth-order valence-electron chi connectivity index (χ4n) is 2.21. The molecular weight excluding hydrogens is 349 g/mol. The highest BCUT2D eigenvalue weighted by molar-refractivity contribution is 14.1. The van der Waals surface area contributed by atoms with Gasteiger partial charge in [0, 0.05) is 31.8 Å². The van der Waals surface area contributed by atoms with Crippen LogP contribution in [-0.2, 0) is 0 Å². The van der Waals surface area contributed by atoms with E-state index in [1.165, 1.54) is 5.56 Å². The number of fused-ring (bicyclic) bond motifs is 1. The highest BCUT2D eigenvalue weighted by atomic mass is 127. The molecule has 1 aromatic heterocycles. The van der Waals surface area contributed by atoms with Gasteiger partial charge in [-0.05, 0) is 53.3 Å². The molecule has 2 nitrogen and oxygen atoms in total. The fraction of sp³-hybridized carbons (Fsp3) is 0.0625. The average Bonchev–Trinajstić information content (AvgIpc) is 2.80. The summed E-state index contributed by atoms with van der Waals surface area (Å²) in [6.45, 7) is 2.04. The van der Waals surface area contributed by atoms with Crippen molar-refractivity contribution in [3.63, 3.8) is 0 Å². The monoisotopic (exact) mass is 361 g/mol. The SMILES string of the molecule is Cc1ccc2c(C(=O)c3cccc(I)c3)c[nH]c2c1. The number of H-pyrrole nitrogens is 1. The molecule has 3 rings (SSSR count). The Morgan fingerprint density at radius 2 is 2.00 bits per heavy atom. The van der Waals surface area contributed by atoms with Gasteiger partial charge in [-0.2, -0.15) is 0 Å². The van der Waals surface area contributed by atoms with E-state index in [0.717, 1.165) is 25.6 Å². The minimum Gasteiger partial charge on any atom is -0.360 e. The van der Waals surface area contributed by atoms with E-state index in [9.17, 15) is 4.79 Å². The van der Waals surface area contributed by atoms with Crippen LogP contribution in [0.3, 0.4) is 0 Å². The van der Waals surface area contributed by atoms with E-state index in [1.807, 2.05) is 43.3 Å². The summed E-state index contributed by atoms with van der Waals surface area (Å²) >= 11 is 2.22. The number of aromatic nitrogens is 1. The van der Waals surface area contributed by atoms with Crippen LogP contribution in [0.5, 0.6) is 0 Å². The lowest BCUT2D eigenvalue weighted by atomic mass is 10.0. The van der Waals surface area contributed by atoms with Crippen LogP contribution in [0.2, 0.25) is 0 Å². The number of rotatable bonds is 2. The van der Waals surface area contributed by atoms with Gasteiger partial charge in [-0.15, -0.1) is 0 Å². The standard InChI is InChI=1S/C16H12INO/c1-10-5-6-13-14(9-18-15(13)7-10)16(19)11-3-2-4-12(17)8-11/h2-9,18H,1H3. The van der Waals surface area contributed by atoms with Crippen LogP contribution in [0.4, 0.5) is 0 Å². The number of ketones is 1. The molecule has 2 aromatic carbocycles. The predicted octanol–water partition coefficient (Wildman–Crippen LogP) is 4.31. The van der Waals surface area contributed by atoms with Gasteiger partial charge in [0.1, 0.15) is 0 Å². The molecule has 0 bridgehead atoms. The number of aromatic amines is 1. The first-order valence-corrected chi connectivity index (χ1v) is 7.11. The first-order chi connectivity index (χ1) is 9.15. The molecule has 3 heteroatoms. The maximum Gasteiger partial charge on any atom is 0.195 e. The molecule has 0 aliphatic heterocycles. The number of carbonyl (C=O) groups excluding carboxylic acids is 1. The Kier molecular flexibility index (Phi) is 3.14. The Labute approximate surface area is 125 Å². The van der Waals surface area contributed by atoms with Gasteiger partial charge >= 0.3 is 0 Å². The highest BCUT2D eigenvalue weighted by Crippen LogP contribution is 2.22. The molecule has 0 spiro atoms. The number of halogens is 1. The Balaban J connectivity index is 2.12. The molecule has 0 atom stereocenters. The number of nitrogens with one attached hydrogen (secondary N) is 1. The van der Waals surface area contributed by atoms with E-state index in [4.69, 9.17) is 0 Å². The molecular formula is C16H12INO. The minimum atomic E-state index is 0.0635. The zero-order chi connectivity index (χ0) is 13.4. The summed E-state index contributed by atoms with van der Waals surface area (Å²) in [5.74, 6) is 0.0635. The lowest BCUT2D eigenvalue weighted by molar-refractivity contribution is 0.104. The van der Waals surface area contributed by atoms with Crippen LogP contribution in [-0.4, -0.2) is 10.8 Å². The highest BCUT2D eigenvalue weighted by Gasteiger charge is 2.14. The van der Waals surface area contributed by atoms with Gasteiger partial charge in [0.2, 0.25) is 0 Å². The molecule has 94 valence electrons. The van der Waals surface area contributed by atoms with Crippen LogP contribution >= 0.6 is 22.6 Å². The van der Waals surface area contributed by atoms with Crippen LogP contribution in [0.25, 0.3) is 10.9 Å². The molecule has 0 aliphatic rings. The molecule has 1 heterocycles. The summed E-state index contributed by atoms with van der Waals surface area (Å²) in [5, 5.41) is 0.981. The van der Waals surface area contributed by atoms with E-state index in [2.05, 4.69) is 33.6 Å². The maximum absolute atomic E-state index is 12.5. The lowest BCUT2D eigenvalue weighted by Crippen LogP contribution is -2.00. The van der Waals surface area contributed by atoms with Crippen LogP contribution < -0.4 is 0 Å². The molecule has 0 saturated heterocycles. The minimum absolute atomic E-state index is 0.0635. The van der Waals surface area contributed by atoms with Crippen LogP contribution in [0, 0.1) is 10.5 Å². The van der Waals surface area contributed by atoms with Gasteiger partial charge < -0.3 is 4.98 Å². The van der Waals surface area contributed by atoms with Gasteiger partial charge in [0.15, 0.2) is 5.78 Å². The van der Waals surface area contributed by atoms with E-state index in [1.54, 1.807) is 6.20 Å². The Morgan fingerprint density at radius 3 is 2.79 bits per heavy atom. The molecule has 0 unspecified atom stereocenters. The number of benzene rings is 2. The Bertz CT molecular complexity index is 773. The fourth-order valence-corrected chi connectivity index (χ4v) is 2.76. The van der Waals surface area contributed by atoms with Crippen molar-refractivity contribution in [2.45, 2.75) is 6.92 Å². The number of hydrogen-bond acceptors (Lipinski definition) is 1. The van der Waals surface area contributed by atoms with Gasteiger partial charge in [-0.25, -0.2) is 0 Å². The molecule has 3 aromatic rings. The normalized spacial score (nSPS) is 10.8. The second-order valence-electron chi connectivity index (χ2n) is 4.59. The van der Waals surface area contributed by atoms with Crippen molar-refractivity contribution in [2.75, 3.05) is 0 Å². The Morgan fingerprint density at radius 1 is 1.16 bits per heavy atom. The molecule has 0 radical (unpaired) electrons. The van der Waals surface area contributed by atoms with Crippen LogP contribution in [0.1, 0.15) is 21.5 Å². The van der Waals surface area contributed by atoms with Crippen molar-refractivity contribution in [1.29, 1.82) is 0 Å². The van der Waals surface area contributed by atoms with Crippen molar-refractivity contribution in [3.8, 4) is 0 Å². The average molecular weight is 361 g/mol. The maximum atomic E-state index is 12.5. The van der Waals surface area contributed by atoms with Gasteiger partial charge in [-0.3, -0.25) is 4.79 Å².